The van der Waals surface area contributed by atoms with Crippen LogP contribution in [0.2, 0.25) is 0 Å². The molecule has 0 saturated carbocycles. The highest BCUT2D eigenvalue weighted by atomic mass is 16.5. The summed E-state index contributed by atoms with van der Waals surface area (Å²) in [6.07, 6.45) is 0. The molecule has 0 unspecified atom stereocenters. The first kappa shape index (κ1) is 12.8. The molecule has 0 aliphatic heterocycles. The van der Waals surface area contributed by atoms with Crippen molar-refractivity contribution in [2.75, 3.05) is 7.11 Å². The zero-order valence-electron chi connectivity index (χ0n) is 12.1. The van der Waals surface area contributed by atoms with Crippen molar-refractivity contribution in [2.45, 2.75) is 6.54 Å². The molecule has 5 nitrogen and oxygen atoms in total. The number of methoxy groups -OCH3 is 1. The Hall–Kier alpha value is -2.95. The van der Waals surface area contributed by atoms with Crippen LogP contribution in [0.3, 0.4) is 0 Å². The second kappa shape index (κ2) is 5.11. The Kier molecular flexibility index (Phi) is 2.96. The van der Waals surface area contributed by atoms with E-state index >= 15 is 0 Å². The summed E-state index contributed by atoms with van der Waals surface area (Å²) in [6, 6.07) is 18.7. The summed E-state index contributed by atoms with van der Waals surface area (Å²) < 4.78 is 7.28. The van der Waals surface area contributed by atoms with Crippen molar-refractivity contribution in [1.29, 1.82) is 0 Å². The van der Waals surface area contributed by atoms with Gasteiger partial charge in [-0.3, -0.25) is 0 Å². The van der Waals surface area contributed by atoms with Crippen LogP contribution in [0.5, 0.6) is 6.01 Å². The molecule has 0 spiro atoms. The standard InChI is InChI=1S/C17H14N4O/c1-22-17-18-16-15(19-20-17)13-9-5-6-10-14(13)21(16)11-12-7-3-2-4-8-12/h2-10H,11H2,1H3. The molecule has 0 fully saturated rings. The van der Waals surface area contributed by atoms with Gasteiger partial charge in [-0.05, 0) is 11.6 Å². The summed E-state index contributed by atoms with van der Waals surface area (Å²) in [5.74, 6) is 0. The average Bonchev–Trinajstić information content (AvgIpc) is 2.89. The zero-order chi connectivity index (χ0) is 14.9. The van der Waals surface area contributed by atoms with Crippen LogP contribution in [0.1, 0.15) is 5.56 Å². The van der Waals surface area contributed by atoms with E-state index in [0.29, 0.717) is 0 Å². The van der Waals surface area contributed by atoms with Crippen molar-refractivity contribution in [3.63, 3.8) is 0 Å². The van der Waals surface area contributed by atoms with Crippen LogP contribution in [0.25, 0.3) is 22.1 Å². The summed E-state index contributed by atoms with van der Waals surface area (Å²) in [5, 5.41) is 9.34. The molecule has 0 aliphatic carbocycles. The van der Waals surface area contributed by atoms with Crippen LogP contribution in [-0.4, -0.2) is 26.9 Å². The number of rotatable bonds is 3. The lowest BCUT2D eigenvalue weighted by molar-refractivity contribution is 0.375. The molecule has 2 aromatic heterocycles. The van der Waals surface area contributed by atoms with Gasteiger partial charge < -0.3 is 9.30 Å². The van der Waals surface area contributed by atoms with E-state index in [1.54, 1.807) is 7.11 Å². The molecule has 0 aliphatic rings. The van der Waals surface area contributed by atoms with Crippen LogP contribution < -0.4 is 4.74 Å². The average molecular weight is 290 g/mol. The Morgan fingerprint density at radius 2 is 1.73 bits per heavy atom. The number of hydrogen-bond donors (Lipinski definition) is 0. The minimum atomic E-state index is 0.282. The maximum absolute atomic E-state index is 5.13. The molecule has 108 valence electrons. The summed E-state index contributed by atoms with van der Waals surface area (Å²) in [5.41, 5.74) is 3.89. The Morgan fingerprint density at radius 1 is 0.955 bits per heavy atom. The maximum atomic E-state index is 5.13. The van der Waals surface area contributed by atoms with Crippen molar-refractivity contribution >= 4 is 22.1 Å². The highest BCUT2D eigenvalue weighted by molar-refractivity contribution is 6.04. The minimum Gasteiger partial charge on any atom is -0.466 e. The van der Waals surface area contributed by atoms with Gasteiger partial charge in [-0.1, -0.05) is 53.6 Å². The van der Waals surface area contributed by atoms with E-state index < -0.39 is 0 Å². The van der Waals surface area contributed by atoms with Gasteiger partial charge in [0.15, 0.2) is 5.65 Å². The molecule has 4 aromatic rings. The molecule has 4 rings (SSSR count). The fourth-order valence-corrected chi connectivity index (χ4v) is 2.70. The highest BCUT2D eigenvalue weighted by Gasteiger charge is 2.14. The number of nitrogens with zero attached hydrogens (tertiary/aromatic N) is 4. The maximum Gasteiger partial charge on any atom is 0.337 e. The normalized spacial score (nSPS) is 11.1. The molecule has 0 amide bonds. The van der Waals surface area contributed by atoms with Gasteiger partial charge in [-0.2, -0.15) is 4.98 Å². The van der Waals surface area contributed by atoms with Crippen LogP contribution >= 0.6 is 0 Å². The van der Waals surface area contributed by atoms with Crippen molar-refractivity contribution in [1.82, 2.24) is 19.7 Å². The van der Waals surface area contributed by atoms with E-state index in [1.165, 1.54) is 5.56 Å². The SMILES string of the molecule is COc1nnc2c3ccccc3n(Cc3ccccc3)c2n1. The van der Waals surface area contributed by atoms with Crippen molar-refractivity contribution in [2.24, 2.45) is 0 Å². The lowest BCUT2D eigenvalue weighted by atomic mass is 10.2. The second-order valence-corrected chi connectivity index (χ2v) is 5.06. The van der Waals surface area contributed by atoms with Crippen LogP contribution in [0, 0.1) is 0 Å². The van der Waals surface area contributed by atoms with Crippen molar-refractivity contribution in [3.8, 4) is 6.01 Å². The molecule has 22 heavy (non-hydrogen) atoms. The monoisotopic (exact) mass is 290 g/mol. The lowest BCUT2D eigenvalue weighted by Gasteiger charge is -2.07. The van der Waals surface area contributed by atoms with Gasteiger partial charge in [0, 0.05) is 11.9 Å². The number of aromatic nitrogens is 4. The third-order valence-corrected chi connectivity index (χ3v) is 3.72. The first-order valence-corrected chi connectivity index (χ1v) is 7.06. The van der Waals surface area contributed by atoms with Crippen LogP contribution in [-0.2, 0) is 6.54 Å². The molecule has 0 bridgehead atoms. The van der Waals surface area contributed by atoms with Gasteiger partial charge in [0.1, 0.15) is 5.52 Å². The predicted octanol–water partition coefficient (Wildman–Crippen LogP) is 3.04. The van der Waals surface area contributed by atoms with E-state index in [2.05, 4.69) is 37.9 Å². The molecule has 0 radical (unpaired) electrons. The number of ether oxygens (including phenoxy) is 1. The lowest BCUT2D eigenvalue weighted by Crippen LogP contribution is -2.02. The van der Waals surface area contributed by atoms with Gasteiger partial charge in [-0.25, -0.2) is 0 Å². The third-order valence-electron chi connectivity index (χ3n) is 3.72. The fourth-order valence-electron chi connectivity index (χ4n) is 2.70. The van der Waals surface area contributed by atoms with Gasteiger partial charge >= 0.3 is 6.01 Å². The number of fused-ring (bicyclic) bond motifs is 3. The van der Waals surface area contributed by atoms with E-state index in [9.17, 15) is 0 Å². The molecule has 0 atom stereocenters. The van der Waals surface area contributed by atoms with E-state index in [-0.39, 0.29) is 6.01 Å². The predicted molar refractivity (Wildman–Crippen MR) is 84.9 cm³/mol. The highest BCUT2D eigenvalue weighted by Crippen LogP contribution is 2.27. The topological polar surface area (TPSA) is 52.8 Å². The fraction of sp³-hybridized carbons (Fsp3) is 0.118. The molecule has 2 aromatic carbocycles. The van der Waals surface area contributed by atoms with Crippen LogP contribution in [0.15, 0.2) is 54.6 Å². The Balaban J connectivity index is 2.00. The molecule has 0 N–H and O–H groups in total. The van der Waals surface area contributed by atoms with Crippen LogP contribution in [0.4, 0.5) is 0 Å². The first-order valence-electron chi connectivity index (χ1n) is 7.06. The molecular formula is C17H14N4O. The molecule has 5 heteroatoms. The minimum absolute atomic E-state index is 0.282. The smallest absolute Gasteiger partial charge is 0.337 e. The van der Waals surface area contributed by atoms with Gasteiger partial charge in [-0.15, -0.1) is 5.10 Å². The second-order valence-electron chi connectivity index (χ2n) is 5.06. The Bertz CT molecular complexity index is 947. The number of hydrogen-bond acceptors (Lipinski definition) is 4. The summed E-state index contributed by atoms with van der Waals surface area (Å²) in [7, 11) is 1.55. The van der Waals surface area contributed by atoms with Gasteiger partial charge in [0.05, 0.1) is 12.6 Å². The van der Waals surface area contributed by atoms with Gasteiger partial charge in [0.25, 0.3) is 0 Å². The van der Waals surface area contributed by atoms with E-state index in [1.807, 2.05) is 36.4 Å². The van der Waals surface area contributed by atoms with E-state index in [0.717, 1.165) is 28.6 Å². The Morgan fingerprint density at radius 3 is 2.55 bits per heavy atom. The van der Waals surface area contributed by atoms with Crippen molar-refractivity contribution in [3.05, 3.63) is 60.2 Å². The molecular weight excluding hydrogens is 276 g/mol. The molecule has 0 saturated heterocycles. The zero-order valence-corrected chi connectivity index (χ0v) is 12.1. The van der Waals surface area contributed by atoms with Crippen molar-refractivity contribution < 1.29 is 4.74 Å². The largest absolute Gasteiger partial charge is 0.466 e. The quantitative estimate of drug-likeness (QED) is 0.582. The summed E-state index contributed by atoms with van der Waals surface area (Å²) >= 11 is 0. The number of para-hydroxylation sites is 1. The Labute approximate surface area is 127 Å². The summed E-state index contributed by atoms with van der Waals surface area (Å²) in [6.45, 7) is 0.729. The van der Waals surface area contributed by atoms with E-state index in [4.69, 9.17) is 4.74 Å². The van der Waals surface area contributed by atoms with Gasteiger partial charge in [0.2, 0.25) is 0 Å². The third kappa shape index (κ3) is 1.98. The number of benzene rings is 2. The summed E-state index contributed by atoms with van der Waals surface area (Å²) in [4.78, 5) is 4.49. The molecule has 2 heterocycles. The first-order chi connectivity index (χ1) is 10.9.